The van der Waals surface area contributed by atoms with E-state index in [1.54, 1.807) is 6.07 Å². The predicted molar refractivity (Wildman–Crippen MR) is 79.9 cm³/mol. The number of hydrogen-bond donors (Lipinski definition) is 0. The van der Waals surface area contributed by atoms with E-state index in [2.05, 4.69) is 4.90 Å². The van der Waals surface area contributed by atoms with Crippen molar-refractivity contribution in [3.8, 4) is 0 Å². The number of Topliss-reactive ketones (excluding diaryl/α,β-unsaturated/α-hetero) is 1. The maximum atomic E-state index is 13.0. The fourth-order valence-electron chi connectivity index (χ4n) is 3.09. The van der Waals surface area contributed by atoms with Crippen molar-refractivity contribution in [1.82, 2.24) is 4.90 Å². The molecular weight excluding hydrogens is 258 g/mol. The van der Waals surface area contributed by atoms with Gasteiger partial charge in [-0.3, -0.25) is 9.69 Å². The zero-order valence-corrected chi connectivity index (χ0v) is 12.5. The summed E-state index contributed by atoms with van der Waals surface area (Å²) in [5.74, 6) is 0.224. The molecule has 0 aromatic heterocycles. The summed E-state index contributed by atoms with van der Waals surface area (Å²) in [6, 6.07) is 7.34. The van der Waals surface area contributed by atoms with Gasteiger partial charge in [0, 0.05) is 10.6 Å². The van der Waals surface area contributed by atoms with Crippen molar-refractivity contribution in [2.75, 3.05) is 14.1 Å². The van der Waals surface area contributed by atoms with Gasteiger partial charge in [-0.1, -0.05) is 49.4 Å². The first-order chi connectivity index (χ1) is 9.06. The minimum Gasteiger partial charge on any atom is -0.297 e. The van der Waals surface area contributed by atoms with Crippen molar-refractivity contribution in [3.05, 3.63) is 34.9 Å². The average molecular weight is 280 g/mol. The number of ketones is 1. The number of carbonyl (C=O) groups excluding carboxylic acids is 1. The molecule has 0 N–H and O–H groups in total. The summed E-state index contributed by atoms with van der Waals surface area (Å²) in [6.45, 7) is 0. The first kappa shape index (κ1) is 14.5. The van der Waals surface area contributed by atoms with Crippen LogP contribution in [0, 0.1) is 0 Å². The zero-order chi connectivity index (χ0) is 13.9. The second kappa shape index (κ2) is 6.06. The van der Waals surface area contributed by atoms with Crippen LogP contribution in [0.2, 0.25) is 5.02 Å². The van der Waals surface area contributed by atoms with E-state index in [0.717, 1.165) is 31.2 Å². The molecule has 3 heteroatoms. The lowest BCUT2D eigenvalue weighted by atomic mass is 9.81. The van der Waals surface area contributed by atoms with Crippen molar-refractivity contribution in [2.24, 2.45) is 0 Å². The van der Waals surface area contributed by atoms with E-state index >= 15 is 0 Å². The van der Waals surface area contributed by atoms with E-state index < -0.39 is 0 Å². The van der Waals surface area contributed by atoms with E-state index in [9.17, 15) is 4.79 Å². The lowest BCUT2D eigenvalue weighted by molar-refractivity contribution is 0.0635. The maximum absolute atomic E-state index is 13.0. The molecule has 0 saturated heterocycles. The SMILES string of the molecule is CN(C)C1(C(=O)c2cccc(Cl)c2)CCCCCC1. The Morgan fingerprint density at radius 2 is 1.79 bits per heavy atom. The summed E-state index contributed by atoms with van der Waals surface area (Å²) in [7, 11) is 4.04. The molecule has 2 rings (SSSR count). The highest BCUT2D eigenvalue weighted by Gasteiger charge is 2.40. The lowest BCUT2D eigenvalue weighted by Gasteiger charge is -2.38. The summed E-state index contributed by atoms with van der Waals surface area (Å²) in [4.78, 5) is 15.1. The van der Waals surface area contributed by atoms with E-state index in [0.29, 0.717) is 5.02 Å². The highest BCUT2D eigenvalue weighted by atomic mass is 35.5. The van der Waals surface area contributed by atoms with Gasteiger partial charge in [-0.25, -0.2) is 0 Å². The number of halogens is 1. The molecule has 2 nitrogen and oxygen atoms in total. The molecule has 104 valence electrons. The Balaban J connectivity index is 2.35. The molecule has 1 aromatic rings. The summed E-state index contributed by atoms with van der Waals surface area (Å²) >= 11 is 6.02. The Morgan fingerprint density at radius 1 is 1.16 bits per heavy atom. The van der Waals surface area contributed by atoms with E-state index in [1.165, 1.54) is 12.8 Å². The lowest BCUT2D eigenvalue weighted by Crippen LogP contribution is -2.50. The van der Waals surface area contributed by atoms with Gasteiger partial charge in [0.05, 0.1) is 5.54 Å². The first-order valence-electron chi connectivity index (χ1n) is 7.04. The van der Waals surface area contributed by atoms with Crippen LogP contribution in [0.1, 0.15) is 48.9 Å². The Labute approximate surface area is 120 Å². The second-order valence-corrected chi connectivity index (χ2v) is 6.12. The first-order valence-corrected chi connectivity index (χ1v) is 7.42. The van der Waals surface area contributed by atoms with Crippen LogP contribution < -0.4 is 0 Å². The third kappa shape index (κ3) is 3.01. The molecule has 0 aliphatic heterocycles. The van der Waals surface area contributed by atoms with E-state index in [-0.39, 0.29) is 11.3 Å². The van der Waals surface area contributed by atoms with Gasteiger partial charge >= 0.3 is 0 Å². The monoisotopic (exact) mass is 279 g/mol. The number of likely N-dealkylation sites (N-methyl/N-ethyl adjacent to an activating group) is 1. The number of nitrogens with zero attached hydrogens (tertiary/aromatic N) is 1. The van der Waals surface area contributed by atoms with Gasteiger partial charge in [0.25, 0.3) is 0 Å². The summed E-state index contributed by atoms with van der Waals surface area (Å²) in [5, 5.41) is 0.633. The Morgan fingerprint density at radius 3 is 2.32 bits per heavy atom. The highest BCUT2D eigenvalue weighted by molar-refractivity contribution is 6.31. The predicted octanol–water partition coefficient (Wildman–Crippen LogP) is 4.18. The number of rotatable bonds is 3. The minimum absolute atomic E-state index is 0.224. The molecule has 0 radical (unpaired) electrons. The number of carbonyl (C=O) groups is 1. The van der Waals surface area contributed by atoms with Gasteiger partial charge in [-0.2, -0.15) is 0 Å². The molecule has 0 bridgehead atoms. The third-order valence-electron chi connectivity index (χ3n) is 4.30. The van der Waals surface area contributed by atoms with Crippen LogP contribution in [-0.4, -0.2) is 30.3 Å². The van der Waals surface area contributed by atoms with Crippen molar-refractivity contribution in [1.29, 1.82) is 0 Å². The van der Waals surface area contributed by atoms with E-state index in [4.69, 9.17) is 11.6 Å². The number of hydrogen-bond acceptors (Lipinski definition) is 2. The van der Waals surface area contributed by atoms with Crippen LogP contribution in [-0.2, 0) is 0 Å². The molecule has 1 fully saturated rings. The van der Waals surface area contributed by atoms with Gasteiger partial charge in [0.15, 0.2) is 5.78 Å². The molecule has 0 amide bonds. The van der Waals surface area contributed by atoms with E-state index in [1.807, 2.05) is 32.3 Å². The molecule has 19 heavy (non-hydrogen) atoms. The largest absolute Gasteiger partial charge is 0.297 e. The van der Waals surface area contributed by atoms with Crippen LogP contribution in [0.25, 0.3) is 0 Å². The molecule has 1 aromatic carbocycles. The summed E-state index contributed by atoms with van der Waals surface area (Å²) < 4.78 is 0. The molecule has 0 unspecified atom stereocenters. The standard InChI is InChI=1S/C16H22ClNO/c1-18(2)16(10-5-3-4-6-11-16)15(19)13-8-7-9-14(17)12-13/h7-9,12H,3-6,10-11H2,1-2H3. The van der Waals surface area contributed by atoms with Crippen LogP contribution in [0.3, 0.4) is 0 Å². The van der Waals surface area contributed by atoms with Crippen molar-refractivity contribution >= 4 is 17.4 Å². The van der Waals surface area contributed by atoms with Crippen LogP contribution in [0.5, 0.6) is 0 Å². The summed E-state index contributed by atoms with van der Waals surface area (Å²) in [6.07, 6.45) is 6.63. The molecule has 1 aliphatic carbocycles. The minimum atomic E-state index is -0.346. The van der Waals surface area contributed by atoms with Crippen LogP contribution in [0.4, 0.5) is 0 Å². The van der Waals surface area contributed by atoms with Gasteiger partial charge in [0.2, 0.25) is 0 Å². The maximum Gasteiger partial charge on any atom is 0.183 e. The van der Waals surface area contributed by atoms with Crippen LogP contribution in [0.15, 0.2) is 24.3 Å². The zero-order valence-electron chi connectivity index (χ0n) is 11.8. The number of benzene rings is 1. The smallest absolute Gasteiger partial charge is 0.183 e. The van der Waals surface area contributed by atoms with Crippen molar-refractivity contribution in [2.45, 2.75) is 44.1 Å². The Kier molecular flexibility index (Phi) is 4.64. The topological polar surface area (TPSA) is 20.3 Å². The van der Waals surface area contributed by atoms with Gasteiger partial charge in [-0.05, 0) is 39.1 Å². The second-order valence-electron chi connectivity index (χ2n) is 5.68. The highest BCUT2D eigenvalue weighted by Crippen LogP contribution is 2.34. The van der Waals surface area contributed by atoms with Crippen LogP contribution >= 0.6 is 11.6 Å². The Hall–Kier alpha value is -0.860. The van der Waals surface area contributed by atoms with Crippen molar-refractivity contribution in [3.63, 3.8) is 0 Å². The third-order valence-corrected chi connectivity index (χ3v) is 4.53. The molecule has 0 atom stereocenters. The van der Waals surface area contributed by atoms with Gasteiger partial charge < -0.3 is 0 Å². The fourth-order valence-corrected chi connectivity index (χ4v) is 3.28. The van der Waals surface area contributed by atoms with Crippen molar-refractivity contribution < 1.29 is 4.79 Å². The molecule has 1 aliphatic rings. The Bertz CT molecular complexity index is 448. The molecule has 0 spiro atoms. The molecular formula is C16H22ClNO. The van der Waals surface area contributed by atoms with Gasteiger partial charge in [0.1, 0.15) is 0 Å². The average Bonchev–Trinajstić information content (AvgIpc) is 2.64. The molecule has 1 saturated carbocycles. The normalized spacial score (nSPS) is 19.2. The van der Waals surface area contributed by atoms with Gasteiger partial charge in [-0.15, -0.1) is 0 Å². The fraction of sp³-hybridized carbons (Fsp3) is 0.562. The summed E-state index contributed by atoms with van der Waals surface area (Å²) in [5.41, 5.74) is 0.393. The molecule has 0 heterocycles. The quantitative estimate of drug-likeness (QED) is 0.611.